The van der Waals surface area contributed by atoms with Gasteiger partial charge in [0.25, 0.3) is 5.69 Å². The Labute approximate surface area is 116 Å². The lowest BCUT2D eigenvalue weighted by atomic mass is 10.0. The lowest BCUT2D eigenvalue weighted by Gasteiger charge is -2.11. The molecule has 0 atom stereocenters. The molecule has 0 aromatic heterocycles. The van der Waals surface area contributed by atoms with E-state index >= 15 is 0 Å². The fourth-order valence-corrected chi connectivity index (χ4v) is 2.43. The molecular weight excluding hydrogens is 264 g/mol. The van der Waals surface area contributed by atoms with E-state index in [2.05, 4.69) is 17.9 Å². The Morgan fingerprint density at radius 3 is 2.74 bits per heavy atom. The van der Waals surface area contributed by atoms with Crippen LogP contribution >= 0.6 is 12.6 Å². The number of aryl methyl sites for hydroxylation is 1. The van der Waals surface area contributed by atoms with Crippen molar-refractivity contribution >= 4 is 29.9 Å². The predicted octanol–water partition coefficient (Wildman–Crippen LogP) is 2.94. The van der Waals surface area contributed by atoms with Crippen LogP contribution in [-0.2, 0) is 4.79 Å². The van der Waals surface area contributed by atoms with Gasteiger partial charge < -0.3 is 5.32 Å². The highest BCUT2D eigenvalue weighted by Gasteiger charge is 2.42. The summed E-state index contributed by atoms with van der Waals surface area (Å²) >= 11 is 4.25. The largest absolute Gasteiger partial charge is 0.326 e. The number of hydrogen-bond donors (Lipinski definition) is 2. The Balaban J connectivity index is 2.05. The Hall–Kier alpha value is -1.56. The zero-order valence-electron chi connectivity index (χ0n) is 10.7. The Morgan fingerprint density at radius 1 is 1.53 bits per heavy atom. The van der Waals surface area contributed by atoms with Crippen LogP contribution < -0.4 is 5.32 Å². The third-order valence-corrected chi connectivity index (χ3v) is 4.19. The van der Waals surface area contributed by atoms with Gasteiger partial charge in [0.05, 0.1) is 4.92 Å². The van der Waals surface area contributed by atoms with Crippen LogP contribution in [0.25, 0.3) is 0 Å². The predicted molar refractivity (Wildman–Crippen MR) is 76.6 cm³/mol. The van der Waals surface area contributed by atoms with Gasteiger partial charge in [0.1, 0.15) is 0 Å². The second-order valence-electron chi connectivity index (χ2n) is 5.14. The highest BCUT2D eigenvalue weighted by Crippen LogP contribution is 2.49. The number of amides is 1. The maximum atomic E-state index is 11.9. The van der Waals surface area contributed by atoms with Gasteiger partial charge in [0.2, 0.25) is 5.91 Å². The molecule has 0 spiro atoms. The standard InChI is InChI=1S/C13H16N2O3S/c1-9-2-3-10(6-11(9)15(17)18)14-12(16)7-13(8-19)4-5-13/h2-3,6,19H,4-5,7-8H2,1H3,(H,14,16). The molecule has 19 heavy (non-hydrogen) atoms. The third-order valence-electron chi connectivity index (χ3n) is 3.52. The first-order chi connectivity index (χ1) is 8.96. The van der Waals surface area contributed by atoms with Crippen molar-refractivity contribution in [2.24, 2.45) is 5.41 Å². The number of nitro groups is 1. The lowest BCUT2D eigenvalue weighted by Crippen LogP contribution is -2.18. The van der Waals surface area contributed by atoms with E-state index in [-0.39, 0.29) is 17.0 Å². The number of nitro benzene ring substituents is 1. The third kappa shape index (κ3) is 3.26. The summed E-state index contributed by atoms with van der Waals surface area (Å²) in [5, 5.41) is 13.5. The summed E-state index contributed by atoms with van der Waals surface area (Å²) < 4.78 is 0. The van der Waals surface area contributed by atoms with Crippen molar-refractivity contribution < 1.29 is 9.72 Å². The van der Waals surface area contributed by atoms with Gasteiger partial charge in [-0.25, -0.2) is 0 Å². The summed E-state index contributed by atoms with van der Waals surface area (Å²) in [5.74, 6) is 0.596. The van der Waals surface area contributed by atoms with Crippen LogP contribution in [0.4, 0.5) is 11.4 Å². The minimum Gasteiger partial charge on any atom is -0.326 e. The first-order valence-corrected chi connectivity index (χ1v) is 6.75. The summed E-state index contributed by atoms with van der Waals surface area (Å²) in [5.41, 5.74) is 1.12. The molecule has 102 valence electrons. The molecule has 1 aliphatic carbocycles. The average molecular weight is 280 g/mol. The quantitative estimate of drug-likeness (QED) is 0.495. The molecule has 0 unspecified atom stereocenters. The van der Waals surface area contributed by atoms with E-state index in [1.807, 2.05) is 0 Å². The molecule has 0 radical (unpaired) electrons. The SMILES string of the molecule is Cc1ccc(NC(=O)CC2(CS)CC2)cc1[N+](=O)[O-]. The average Bonchev–Trinajstić information content (AvgIpc) is 3.11. The molecular formula is C13H16N2O3S. The molecule has 1 N–H and O–H groups in total. The molecule has 2 rings (SSSR count). The van der Waals surface area contributed by atoms with Crippen molar-refractivity contribution in [3.8, 4) is 0 Å². The molecule has 5 nitrogen and oxygen atoms in total. The molecule has 0 saturated heterocycles. The zero-order valence-corrected chi connectivity index (χ0v) is 11.6. The van der Waals surface area contributed by atoms with Gasteiger partial charge >= 0.3 is 0 Å². The van der Waals surface area contributed by atoms with Gasteiger partial charge in [0, 0.05) is 23.7 Å². The summed E-state index contributed by atoms with van der Waals surface area (Å²) in [4.78, 5) is 22.3. The first kappa shape index (κ1) is 13.9. The molecule has 0 bridgehead atoms. The molecule has 0 heterocycles. The number of carbonyl (C=O) groups excluding carboxylic acids is 1. The van der Waals surface area contributed by atoms with Crippen molar-refractivity contribution in [1.82, 2.24) is 0 Å². The van der Waals surface area contributed by atoms with Crippen LogP contribution in [0.2, 0.25) is 0 Å². The van der Waals surface area contributed by atoms with Crippen molar-refractivity contribution in [2.45, 2.75) is 26.2 Å². The molecule has 1 aromatic carbocycles. The molecule has 1 fully saturated rings. The van der Waals surface area contributed by atoms with Gasteiger partial charge in [-0.15, -0.1) is 0 Å². The Bertz CT molecular complexity index is 527. The Morgan fingerprint density at radius 2 is 2.21 bits per heavy atom. The number of nitrogens with one attached hydrogen (secondary N) is 1. The maximum absolute atomic E-state index is 11.9. The second-order valence-corrected chi connectivity index (χ2v) is 5.46. The number of carbonyl (C=O) groups is 1. The van der Waals surface area contributed by atoms with Gasteiger partial charge in [-0.3, -0.25) is 14.9 Å². The smallest absolute Gasteiger partial charge is 0.274 e. The van der Waals surface area contributed by atoms with Gasteiger partial charge in [-0.1, -0.05) is 6.07 Å². The summed E-state index contributed by atoms with van der Waals surface area (Å²) in [7, 11) is 0. The van der Waals surface area contributed by atoms with Crippen molar-refractivity contribution in [1.29, 1.82) is 0 Å². The first-order valence-electron chi connectivity index (χ1n) is 6.11. The van der Waals surface area contributed by atoms with E-state index in [1.165, 1.54) is 6.07 Å². The highest BCUT2D eigenvalue weighted by molar-refractivity contribution is 7.80. The normalized spacial score (nSPS) is 15.9. The van der Waals surface area contributed by atoms with Crippen LogP contribution in [0.1, 0.15) is 24.8 Å². The minimum atomic E-state index is -0.443. The van der Waals surface area contributed by atoms with Crippen molar-refractivity contribution in [3.05, 3.63) is 33.9 Å². The number of rotatable bonds is 5. The topological polar surface area (TPSA) is 72.2 Å². The summed E-state index contributed by atoms with van der Waals surface area (Å²) in [6, 6.07) is 4.72. The van der Waals surface area contributed by atoms with Crippen LogP contribution in [0, 0.1) is 22.5 Å². The van der Waals surface area contributed by atoms with Crippen LogP contribution in [0.5, 0.6) is 0 Å². The number of anilines is 1. The van der Waals surface area contributed by atoms with E-state index in [0.717, 1.165) is 12.8 Å². The van der Waals surface area contributed by atoms with E-state index in [9.17, 15) is 14.9 Å². The van der Waals surface area contributed by atoms with E-state index in [0.29, 0.717) is 23.4 Å². The Kier molecular flexibility index (Phi) is 3.80. The number of benzene rings is 1. The fourth-order valence-electron chi connectivity index (χ4n) is 2.00. The summed E-state index contributed by atoms with van der Waals surface area (Å²) in [6.45, 7) is 1.67. The number of thiol groups is 1. The zero-order chi connectivity index (χ0) is 14.0. The second kappa shape index (κ2) is 5.21. The van der Waals surface area contributed by atoms with Crippen LogP contribution in [-0.4, -0.2) is 16.6 Å². The fraction of sp³-hybridized carbons (Fsp3) is 0.462. The monoisotopic (exact) mass is 280 g/mol. The van der Waals surface area contributed by atoms with Gasteiger partial charge in [0.15, 0.2) is 0 Å². The molecule has 0 aliphatic heterocycles. The molecule has 1 aliphatic rings. The van der Waals surface area contributed by atoms with Gasteiger partial charge in [-0.2, -0.15) is 12.6 Å². The van der Waals surface area contributed by atoms with Crippen LogP contribution in [0.15, 0.2) is 18.2 Å². The van der Waals surface area contributed by atoms with E-state index < -0.39 is 4.92 Å². The van der Waals surface area contributed by atoms with Gasteiger partial charge in [-0.05, 0) is 37.0 Å². The lowest BCUT2D eigenvalue weighted by molar-refractivity contribution is -0.385. The number of hydrogen-bond acceptors (Lipinski definition) is 4. The maximum Gasteiger partial charge on any atom is 0.274 e. The van der Waals surface area contributed by atoms with Crippen molar-refractivity contribution in [3.63, 3.8) is 0 Å². The number of nitrogens with zero attached hydrogens (tertiary/aromatic N) is 1. The van der Waals surface area contributed by atoms with Crippen molar-refractivity contribution in [2.75, 3.05) is 11.1 Å². The van der Waals surface area contributed by atoms with Crippen LogP contribution in [0.3, 0.4) is 0 Å². The van der Waals surface area contributed by atoms with E-state index in [1.54, 1.807) is 19.1 Å². The molecule has 1 amide bonds. The molecule has 6 heteroatoms. The summed E-state index contributed by atoms with van der Waals surface area (Å²) in [6.07, 6.45) is 2.48. The van der Waals surface area contributed by atoms with E-state index in [4.69, 9.17) is 0 Å². The molecule has 1 saturated carbocycles. The highest BCUT2D eigenvalue weighted by atomic mass is 32.1. The molecule has 1 aromatic rings. The minimum absolute atomic E-state index is 0.0214.